The standard InChI is InChI=1S/C17H18N2O3S/c1-17(20,16-8-3-2-4-9-16)13-19-23(21,22)12-15-7-5-6-14(10-15)11-18/h2-10,19-20H,12-13H2,1H3. The SMILES string of the molecule is CC(O)(CNS(=O)(=O)Cc1cccc(C#N)c1)c1ccccc1. The summed E-state index contributed by atoms with van der Waals surface area (Å²) in [4.78, 5) is 0. The molecule has 1 unspecified atom stereocenters. The van der Waals surface area contributed by atoms with Gasteiger partial charge in [0, 0.05) is 6.54 Å². The maximum atomic E-state index is 12.2. The molecule has 23 heavy (non-hydrogen) atoms. The third-order valence-electron chi connectivity index (χ3n) is 3.44. The lowest BCUT2D eigenvalue weighted by Crippen LogP contribution is -2.39. The molecule has 0 fully saturated rings. The zero-order valence-electron chi connectivity index (χ0n) is 12.7. The van der Waals surface area contributed by atoms with Crippen LogP contribution in [0.1, 0.15) is 23.6 Å². The molecule has 2 rings (SSSR count). The van der Waals surface area contributed by atoms with E-state index < -0.39 is 15.6 Å². The summed E-state index contributed by atoms with van der Waals surface area (Å²) in [6.45, 7) is 1.43. The van der Waals surface area contributed by atoms with Gasteiger partial charge in [-0.3, -0.25) is 0 Å². The van der Waals surface area contributed by atoms with Gasteiger partial charge in [0.25, 0.3) is 0 Å². The second kappa shape index (κ2) is 6.92. The van der Waals surface area contributed by atoms with Crippen molar-refractivity contribution in [1.29, 1.82) is 5.26 Å². The molecule has 0 aliphatic rings. The van der Waals surface area contributed by atoms with E-state index in [1.54, 1.807) is 49.4 Å². The Balaban J connectivity index is 2.05. The quantitative estimate of drug-likeness (QED) is 0.846. The van der Waals surface area contributed by atoms with Gasteiger partial charge in [0.1, 0.15) is 5.60 Å². The first-order valence-electron chi connectivity index (χ1n) is 7.07. The van der Waals surface area contributed by atoms with Crippen molar-refractivity contribution in [3.63, 3.8) is 0 Å². The number of rotatable bonds is 6. The molecule has 0 aromatic heterocycles. The Bertz CT molecular complexity index is 809. The molecule has 2 N–H and O–H groups in total. The van der Waals surface area contributed by atoms with Gasteiger partial charge < -0.3 is 5.11 Å². The Morgan fingerprint density at radius 1 is 1.17 bits per heavy atom. The van der Waals surface area contributed by atoms with Gasteiger partial charge in [-0.05, 0) is 30.2 Å². The number of benzene rings is 2. The average molecular weight is 330 g/mol. The highest BCUT2D eigenvalue weighted by atomic mass is 32.2. The monoisotopic (exact) mass is 330 g/mol. The van der Waals surface area contributed by atoms with E-state index in [2.05, 4.69) is 4.72 Å². The summed E-state index contributed by atoms with van der Waals surface area (Å²) in [5, 5.41) is 19.3. The van der Waals surface area contributed by atoms with Crippen LogP contribution in [0.25, 0.3) is 0 Å². The van der Waals surface area contributed by atoms with Crippen LogP contribution in [0, 0.1) is 11.3 Å². The first kappa shape index (κ1) is 17.2. The molecule has 0 aliphatic carbocycles. The minimum absolute atomic E-state index is 0.128. The van der Waals surface area contributed by atoms with Crippen molar-refractivity contribution in [2.45, 2.75) is 18.3 Å². The maximum Gasteiger partial charge on any atom is 0.215 e. The largest absolute Gasteiger partial charge is 0.384 e. The second-order valence-electron chi connectivity index (χ2n) is 5.53. The van der Waals surface area contributed by atoms with Gasteiger partial charge in [-0.15, -0.1) is 0 Å². The van der Waals surface area contributed by atoms with E-state index in [4.69, 9.17) is 5.26 Å². The Labute approximate surface area is 136 Å². The summed E-state index contributed by atoms with van der Waals surface area (Å²) >= 11 is 0. The van der Waals surface area contributed by atoms with E-state index in [1.807, 2.05) is 12.1 Å². The van der Waals surface area contributed by atoms with E-state index in [9.17, 15) is 13.5 Å². The van der Waals surface area contributed by atoms with Crippen LogP contribution in [-0.2, 0) is 21.4 Å². The highest BCUT2D eigenvalue weighted by molar-refractivity contribution is 7.88. The topological polar surface area (TPSA) is 90.2 Å². The van der Waals surface area contributed by atoms with Gasteiger partial charge in [-0.2, -0.15) is 5.26 Å². The Morgan fingerprint density at radius 3 is 2.52 bits per heavy atom. The highest BCUT2D eigenvalue weighted by Crippen LogP contribution is 2.19. The second-order valence-corrected chi connectivity index (χ2v) is 7.34. The van der Waals surface area contributed by atoms with Gasteiger partial charge in [0.05, 0.1) is 17.4 Å². The Kier molecular flexibility index (Phi) is 5.16. The number of sulfonamides is 1. The van der Waals surface area contributed by atoms with Crippen molar-refractivity contribution >= 4 is 10.0 Å². The molecule has 0 saturated heterocycles. The molecule has 1 atom stereocenters. The average Bonchev–Trinajstić information content (AvgIpc) is 2.54. The lowest BCUT2D eigenvalue weighted by atomic mass is 9.97. The normalized spacial score (nSPS) is 14.0. The maximum absolute atomic E-state index is 12.2. The van der Waals surface area contributed by atoms with Crippen LogP contribution < -0.4 is 4.72 Å². The van der Waals surface area contributed by atoms with Crippen LogP contribution in [0.2, 0.25) is 0 Å². The molecule has 0 aliphatic heterocycles. The summed E-state index contributed by atoms with van der Waals surface area (Å²) in [7, 11) is -3.62. The minimum atomic E-state index is -3.62. The molecular formula is C17H18N2O3S. The van der Waals surface area contributed by atoms with E-state index in [0.717, 1.165) is 0 Å². The number of hydrogen-bond acceptors (Lipinski definition) is 4. The summed E-state index contributed by atoms with van der Waals surface area (Å²) < 4.78 is 26.8. The van der Waals surface area contributed by atoms with Crippen LogP contribution >= 0.6 is 0 Å². The van der Waals surface area contributed by atoms with Gasteiger partial charge >= 0.3 is 0 Å². The van der Waals surface area contributed by atoms with E-state index >= 15 is 0 Å². The van der Waals surface area contributed by atoms with Crippen molar-refractivity contribution in [1.82, 2.24) is 4.72 Å². The molecule has 6 heteroatoms. The number of hydrogen-bond donors (Lipinski definition) is 2. The Morgan fingerprint density at radius 2 is 1.87 bits per heavy atom. The third kappa shape index (κ3) is 4.89. The molecular weight excluding hydrogens is 312 g/mol. The van der Waals surface area contributed by atoms with Crippen LogP contribution in [-0.4, -0.2) is 20.1 Å². The van der Waals surface area contributed by atoms with Gasteiger partial charge in [0.15, 0.2) is 0 Å². The van der Waals surface area contributed by atoms with Gasteiger partial charge in [0.2, 0.25) is 10.0 Å². The predicted octanol–water partition coefficient (Wildman–Crippen LogP) is 1.89. The first-order chi connectivity index (χ1) is 10.8. The lowest BCUT2D eigenvalue weighted by Gasteiger charge is -2.24. The molecule has 120 valence electrons. The van der Waals surface area contributed by atoms with Crippen LogP contribution in [0.4, 0.5) is 0 Å². The molecule has 2 aromatic rings. The summed E-state index contributed by atoms with van der Waals surface area (Å²) in [6.07, 6.45) is 0. The molecule has 0 amide bonds. The van der Waals surface area contributed by atoms with Crippen LogP contribution in [0.15, 0.2) is 54.6 Å². The lowest BCUT2D eigenvalue weighted by molar-refractivity contribution is 0.0627. The molecule has 0 bridgehead atoms. The zero-order chi connectivity index (χ0) is 16.9. The van der Waals surface area contributed by atoms with Gasteiger partial charge in [-0.1, -0.05) is 42.5 Å². The molecule has 0 spiro atoms. The Hall–Kier alpha value is -2.20. The van der Waals surface area contributed by atoms with E-state index in [-0.39, 0.29) is 12.3 Å². The molecule has 0 radical (unpaired) electrons. The molecule has 0 saturated carbocycles. The number of nitriles is 1. The fraction of sp³-hybridized carbons (Fsp3) is 0.235. The van der Waals surface area contributed by atoms with Crippen LogP contribution in [0.3, 0.4) is 0 Å². The smallest absolute Gasteiger partial charge is 0.215 e. The fourth-order valence-electron chi connectivity index (χ4n) is 2.15. The summed E-state index contributed by atoms with van der Waals surface area (Å²) in [6, 6.07) is 17.3. The predicted molar refractivity (Wildman–Crippen MR) is 87.8 cm³/mol. The third-order valence-corrected chi connectivity index (χ3v) is 4.74. The van der Waals surface area contributed by atoms with Gasteiger partial charge in [-0.25, -0.2) is 13.1 Å². The summed E-state index contributed by atoms with van der Waals surface area (Å²) in [5.74, 6) is -0.243. The van der Waals surface area contributed by atoms with Crippen molar-refractivity contribution in [3.05, 3.63) is 71.3 Å². The summed E-state index contributed by atoms with van der Waals surface area (Å²) in [5.41, 5.74) is 0.266. The van der Waals surface area contributed by atoms with Crippen molar-refractivity contribution in [2.75, 3.05) is 6.54 Å². The van der Waals surface area contributed by atoms with E-state index in [1.165, 1.54) is 6.07 Å². The van der Waals surface area contributed by atoms with Crippen molar-refractivity contribution < 1.29 is 13.5 Å². The zero-order valence-corrected chi connectivity index (χ0v) is 13.5. The number of nitrogens with zero attached hydrogens (tertiary/aromatic N) is 1. The highest BCUT2D eigenvalue weighted by Gasteiger charge is 2.25. The van der Waals surface area contributed by atoms with Crippen molar-refractivity contribution in [3.8, 4) is 6.07 Å². The fourth-order valence-corrected chi connectivity index (χ4v) is 3.37. The molecule has 0 heterocycles. The molecule has 5 nitrogen and oxygen atoms in total. The first-order valence-corrected chi connectivity index (χ1v) is 8.72. The van der Waals surface area contributed by atoms with E-state index in [0.29, 0.717) is 16.7 Å². The minimum Gasteiger partial charge on any atom is -0.384 e. The van der Waals surface area contributed by atoms with Crippen LogP contribution in [0.5, 0.6) is 0 Å². The molecule has 2 aromatic carbocycles. The number of aliphatic hydroxyl groups is 1. The van der Waals surface area contributed by atoms with Crippen molar-refractivity contribution in [2.24, 2.45) is 0 Å². The number of nitrogens with one attached hydrogen (secondary N) is 1.